The molecular weight excluding hydrogens is 354 g/mol. The van der Waals surface area contributed by atoms with Gasteiger partial charge in [0.2, 0.25) is 12.3 Å². The topological polar surface area (TPSA) is 40.8 Å². The highest BCUT2D eigenvalue weighted by atomic mass is 16.7. The second kappa shape index (κ2) is 6.16. The number of methoxy groups -OCH3 is 1. The second-order valence-electron chi connectivity index (χ2n) is 7.39. The van der Waals surface area contributed by atoms with Crippen LogP contribution in [0.2, 0.25) is 0 Å². The van der Waals surface area contributed by atoms with Crippen LogP contribution >= 0.6 is 0 Å². The van der Waals surface area contributed by atoms with Crippen molar-refractivity contribution in [3.05, 3.63) is 42.6 Å². The fourth-order valence-corrected chi connectivity index (χ4v) is 3.99. The van der Waals surface area contributed by atoms with E-state index in [1.54, 1.807) is 7.11 Å². The first kappa shape index (κ1) is 16.9. The lowest BCUT2D eigenvalue weighted by molar-refractivity contribution is -0.642. The number of pyridine rings is 1. The number of rotatable bonds is 3. The van der Waals surface area contributed by atoms with E-state index in [4.69, 9.17) is 18.9 Å². The molecule has 0 N–H and O–H groups in total. The number of hydrogen-bond acceptors (Lipinski definition) is 4. The van der Waals surface area contributed by atoms with Crippen LogP contribution in [0.1, 0.15) is 13.8 Å². The summed E-state index contributed by atoms with van der Waals surface area (Å²) in [6, 6.07) is 12.5. The van der Waals surface area contributed by atoms with Gasteiger partial charge in [0.05, 0.1) is 29.4 Å². The molecule has 0 amide bonds. The molecule has 3 aromatic carbocycles. The molecule has 0 radical (unpaired) electrons. The Kier molecular flexibility index (Phi) is 3.72. The van der Waals surface area contributed by atoms with Crippen molar-refractivity contribution in [3.63, 3.8) is 0 Å². The normalized spacial score (nSPS) is 13.0. The standard InChI is InChI=1S/C23H22NO4/c1-13(2)28-22-8-15-11-24(3)23-16(17(15)9-19(22)25-4)6-5-14-7-20-21(10-18(14)23)27-12-26-20/h5-11,13H,12H2,1-4H3/q+1. The maximum absolute atomic E-state index is 5.95. The number of hydrogen-bond donors (Lipinski definition) is 0. The number of nitrogens with zero attached hydrogens (tertiary/aromatic N) is 1. The molecule has 0 spiro atoms. The molecule has 0 saturated heterocycles. The molecule has 1 aliphatic rings. The van der Waals surface area contributed by atoms with Gasteiger partial charge in [-0.05, 0) is 49.6 Å². The van der Waals surface area contributed by atoms with Crippen LogP contribution in [0.4, 0.5) is 0 Å². The minimum Gasteiger partial charge on any atom is -0.493 e. The molecule has 0 bridgehead atoms. The SMILES string of the molecule is COc1cc2c(cc1OC(C)C)c[n+](C)c1c3cc4c(cc3ccc21)OCO4. The summed E-state index contributed by atoms with van der Waals surface area (Å²) in [4.78, 5) is 0. The predicted molar refractivity (Wildman–Crippen MR) is 109 cm³/mol. The van der Waals surface area contributed by atoms with Crippen LogP contribution in [0.3, 0.4) is 0 Å². The Morgan fingerprint density at radius 2 is 1.68 bits per heavy atom. The summed E-state index contributed by atoms with van der Waals surface area (Å²) >= 11 is 0. The summed E-state index contributed by atoms with van der Waals surface area (Å²) in [5.41, 5.74) is 1.14. The van der Waals surface area contributed by atoms with Gasteiger partial charge >= 0.3 is 0 Å². The first-order valence-corrected chi connectivity index (χ1v) is 9.38. The third kappa shape index (κ3) is 2.50. The summed E-state index contributed by atoms with van der Waals surface area (Å²) in [5, 5.41) is 5.64. The number of aromatic nitrogens is 1. The molecule has 0 unspecified atom stereocenters. The van der Waals surface area contributed by atoms with Crippen molar-refractivity contribution in [2.24, 2.45) is 7.05 Å². The zero-order chi connectivity index (χ0) is 19.4. The predicted octanol–water partition coefficient (Wildman–Crippen LogP) is 4.50. The van der Waals surface area contributed by atoms with Crippen molar-refractivity contribution in [1.29, 1.82) is 0 Å². The second-order valence-corrected chi connectivity index (χ2v) is 7.39. The van der Waals surface area contributed by atoms with Gasteiger partial charge in [-0.25, -0.2) is 0 Å². The van der Waals surface area contributed by atoms with Gasteiger partial charge in [0.25, 0.3) is 0 Å². The van der Waals surface area contributed by atoms with Crippen LogP contribution in [0.5, 0.6) is 23.0 Å². The van der Waals surface area contributed by atoms with E-state index in [1.807, 2.05) is 19.9 Å². The largest absolute Gasteiger partial charge is 0.493 e. The Balaban J connectivity index is 1.85. The molecule has 1 aliphatic heterocycles. The summed E-state index contributed by atoms with van der Waals surface area (Å²) in [7, 11) is 3.74. The summed E-state index contributed by atoms with van der Waals surface area (Å²) < 4.78 is 24.9. The van der Waals surface area contributed by atoms with Crippen LogP contribution in [0, 0.1) is 0 Å². The highest BCUT2D eigenvalue weighted by Gasteiger charge is 2.21. The van der Waals surface area contributed by atoms with Crippen molar-refractivity contribution in [2.75, 3.05) is 13.9 Å². The molecule has 0 atom stereocenters. The molecule has 1 aromatic heterocycles. The molecule has 28 heavy (non-hydrogen) atoms. The monoisotopic (exact) mass is 376 g/mol. The van der Waals surface area contributed by atoms with E-state index in [2.05, 4.69) is 48.1 Å². The smallest absolute Gasteiger partial charge is 0.231 e. The van der Waals surface area contributed by atoms with Gasteiger partial charge < -0.3 is 18.9 Å². The maximum Gasteiger partial charge on any atom is 0.231 e. The molecule has 0 aliphatic carbocycles. The Hall–Kier alpha value is -3.21. The van der Waals surface area contributed by atoms with Gasteiger partial charge in [0, 0.05) is 5.39 Å². The van der Waals surface area contributed by atoms with Gasteiger partial charge in [-0.1, -0.05) is 6.07 Å². The highest BCUT2D eigenvalue weighted by molar-refractivity contribution is 6.14. The van der Waals surface area contributed by atoms with Crippen molar-refractivity contribution in [1.82, 2.24) is 0 Å². The molecule has 0 saturated carbocycles. The van der Waals surface area contributed by atoms with Gasteiger partial charge in [0.15, 0.2) is 29.2 Å². The number of aryl methyl sites for hydroxylation is 1. The maximum atomic E-state index is 5.95. The van der Waals surface area contributed by atoms with Gasteiger partial charge in [-0.2, -0.15) is 4.57 Å². The first-order valence-electron chi connectivity index (χ1n) is 9.38. The minimum absolute atomic E-state index is 0.0776. The minimum atomic E-state index is 0.0776. The van der Waals surface area contributed by atoms with E-state index >= 15 is 0 Å². The van der Waals surface area contributed by atoms with Crippen LogP contribution < -0.4 is 23.5 Å². The van der Waals surface area contributed by atoms with E-state index < -0.39 is 0 Å². The third-order valence-electron chi connectivity index (χ3n) is 5.16. The highest BCUT2D eigenvalue weighted by Crippen LogP contribution is 2.40. The quantitative estimate of drug-likeness (QED) is 0.390. The lowest BCUT2D eigenvalue weighted by Gasteiger charge is -2.15. The molecule has 142 valence electrons. The van der Waals surface area contributed by atoms with E-state index in [-0.39, 0.29) is 12.9 Å². The summed E-state index contributed by atoms with van der Waals surface area (Å²) in [5.74, 6) is 3.08. The lowest BCUT2D eigenvalue weighted by atomic mass is 10.00. The summed E-state index contributed by atoms with van der Waals surface area (Å²) in [6.07, 6.45) is 2.21. The average molecular weight is 376 g/mol. The summed E-state index contributed by atoms with van der Waals surface area (Å²) in [6.45, 7) is 4.30. The molecule has 5 nitrogen and oxygen atoms in total. The lowest BCUT2D eigenvalue weighted by Crippen LogP contribution is -2.28. The fourth-order valence-electron chi connectivity index (χ4n) is 3.99. The van der Waals surface area contributed by atoms with E-state index in [9.17, 15) is 0 Å². The van der Waals surface area contributed by atoms with E-state index in [0.717, 1.165) is 55.4 Å². The Bertz CT molecular complexity index is 1250. The molecule has 5 heteroatoms. The molecule has 2 heterocycles. The van der Waals surface area contributed by atoms with Crippen molar-refractivity contribution < 1.29 is 23.5 Å². The third-order valence-corrected chi connectivity index (χ3v) is 5.16. The van der Waals surface area contributed by atoms with E-state index in [1.165, 1.54) is 0 Å². The van der Waals surface area contributed by atoms with E-state index in [0.29, 0.717) is 0 Å². The van der Waals surface area contributed by atoms with Gasteiger partial charge in [-0.15, -0.1) is 0 Å². The number of benzene rings is 3. The van der Waals surface area contributed by atoms with Gasteiger partial charge in [-0.3, -0.25) is 0 Å². The molecular formula is C23H22NO4+. The Morgan fingerprint density at radius 3 is 2.43 bits per heavy atom. The van der Waals surface area contributed by atoms with Crippen LogP contribution in [0.15, 0.2) is 42.6 Å². The molecule has 0 fully saturated rings. The fraction of sp³-hybridized carbons (Fsp3) is 0.261. The molecule has 5 rings (SSSR count). The number of ether oxygens (including phenoxy) is 4. The van der Waals surface area contributed by atoms with Crippen molar-refractivity contribution >= 4 is 32.4 Å². The number of fused-ring (bicyclic) bond motifs is 6. The van der Waals surface area contributed by atoms with Crippen molar-refractivity contribution in [3.8, 4) is 23.0 Å². The first-order chi connectivity index (χ1) is 13.5. The van der Waals surface area contributed by atoms with Crippen LogP contribution in [-0.4, -0.2) is 20.0 Å². The molecule has 4 aromatic rings. The average Bonchev–Trinajstić information content (AvgIpc) is 3.12. The van der Waals surface area contributed by atoms with Crippen LogP contribution in [-0.2, 0) is 7.05 Å². The Morgan fingerprint density at radius 1 is 0.893 bits per heavy atom. The Labute approximate surface area is 163 Å². The zero-order valence-corrected chi connectivity index (χ0v) is 16.4. The zero-order valence-electron chi connectivity index (χ0n) is 16.4. The van der Waals surface area contributed by atoms with Gasteiger partial charge in [0.1, 0.15) is 7.05 Å². The van der Waals surface area contributed by atoms with Crippen molar-refractivity contribution in [2.45, 2.75) is 20.0 Å². The van der Waals surface area contributed by atoms with Crippen LogP contribution in [0.25, 0.3) is 32.4 Å².